The van der Waals surface area contributed by atoms with E-state index in [1.54, 1.807) is 6.08 Å². The molecular formula is C16H19IN2. The van der Waals surface area contributed by atoms with Crippen LogP contribution in [0.15, 0.2) is 74.8 Å². The minimum atomic E-state index is -0.0277. The molecule has 0 saturated carbocycles. The molecule has 0 spiro atoms. The van der Waals surface area contributed by atoms with Crippen molar-refractivity contribution in [3.8, 4) is 0 Å². The number of rotatable bonds is 4. The first-order valence-corrected chi connectivity index (χ1v) is 7.09. The van der Waals surface area contributed by atoms with Gasteiger partial charge in [-0.2, -0.15) is 0 Å². The van der Waals surface area contributed by atoms with Crippen LogP contribution in [0.25, 0.3) is 0 Å². The molecule has 0 aromatic heterocycles. The summed E-state index contributed by atoms with van der Waals surface area (Å²) in [5.41, 5.74) is 18.6. The first-order valence-electron chi connectivity index (χ1n) is 6.01. The standard InChI is InChI=1S/C16H19IN2/c1-11(2)4-5-14(10-12(3)18)13-6-8-15(17)16(19)9-7-13/h4-6,8-10,12H,1,18-19H2,2-3H3/b5-4-,14-10+/t12-/m1/s1. The number of allylic oxidation sites excluding steroid dienone is 8. The van der Waals surface area contributed by atoms with Gasteiger partial charge in [0.05, 0.1) is 5.70 Å². The smallest absolute Gasteiger partial charge is 0.0528 e. The predicted molar refractivity (Wildman–Crippen MR) is 91.7 cm³/mol. The molecule has 1 atom stereocenters. The Morgan fingerprint density at radius 2 is 2.11 bits per heavy atom. The van der Waals surface area contributed by atoms with Gasteiger partial charge in [-0.25, -0.2) is 0 Å². The van der Waals surface area contributed by atoms with Crippen LogP contribution in [0.3, 0.4) is 0 Å². The van der Waals surface area contributed by atoms with Crippen molar-refractivity contribution in [2.24, 2.45) is 11.5 Å². The van der Waals surface area contributed by atoms with E-state index in [9.17, 15) is 0 Å². The molecule has 1 aliphatic rings. The molecule has 0 fully saturated rings. The Morgan fingerprint density at radius 3 is 2.68 bits per heavy atom. The minimum Gasteiger partial charge on any atom is -0.397 e. The lowest BCUT2D eigenvalue weighted by molar-refractivity contribution is 0.920. The van der Waals surface area contributed by atoms with Gasteiger partial charge in [0.2, 0.25) is 0 Å². The van der Waals surface area contributed by atoms with E-state index in [0.29, 0.717) is 0 Å². The molecule has 0 aromatic carbocycles. The van der Waals surface area contributed by atoms with E-state index >= 15 is 0 Å². The third-order valence-corrected chi connectivity index (χ3v) is 3.34. The van der Waals surface area contributed by atoms with Gasteiger partial charge >= 0.3 is 0 Å². The van der Waals surface area contributed by atoms with Crippen molar-refractivity contribution in [1.82, 2.24) is 0 Å². The molecule has 3 heteroatoms. The van der Waals surface area contributed by atoms with Gasteiger partial charge in [-0.15, -0.1) is 5.73 Å². The van der Waals surface area contributed by atoms with Crippen molar-refractivity contribution < 1.29 is 0 Å². The maximum absolute atomic E-state index is 5.88. The first kappa shape index (κ1) is 15.8. The molecule has 0 bridgehead atoms. The second kappa shape index (κ2) is 7.34. The molecule has 0 heterocycles. The van der Waals surface area contributed by atoms with Crippen molar-refractivity contribution in [1.29, 1.82) is 0 Å². The highest BCUT2D eigenvalue weighted by Crippen LogP contribution is 2.21. The highest BCUT2D eigenvalue weighted by atomic mass is 127. The van der Waals surface area contributed by atoms with Crippen LogP contribution in [0, 0.1) is 0 Å². The van der Waals surface area contributed by atoms with Crippen LogP contribution in [0.5, 0.6) is 0 Å². The third-order valence-electron chi connectivity index (χ3n) is 2.36. The lowest BCUT2D eigenvalue weighted by atomic mass is 10.0. The SMILES string of the molecule is C=C(C)/C=C\C(=C/[C@@H](C)N)C1=C=CC(N)=C(I)C=C1. The maximum atomic E-state index is 5.88. The molecule has 0 saturated heterocycles. The van der Waals surface area contributed by atoms with Crippen LogP contribution in [0.1, 0.15) is 13.8 Å². The Balaban J connectivity index is 3.19. The molecule has 1 rings (SSSR count). The Kier molecular flexibility index (Phi) is 6.09. The number of nitrogens with two attached hydrogens (primary N) is 2. The zero-order valence-electron chi connectivity index (χ0n) is 11.3. The Labute approximate surface area is 128 Å². The zero-order valence-corrected chi connectivity index (χ0v) is 13.4. The van der Waals surface area contributed by atoms with Gasteiger partial charge in [-0.1, -0.05) is 30.4 Å². The predicted octanol–water partition coefficient (Wildman–Crippen LogP) is 3.65. The Hall–Kier alpha value is -1.29. The molecule has 1 aliphatic carbocycles. The van der Waals surface area contributed by atoms with Crippen molar-refractivity contribution >= 4 is 22.6 Å². The topological polar surface area (TPSA) is 52.0 Å². The average molecular weight is 366 g/mol. The summed E-state index contributed by atoms with van der Waals surface area (Å²) >= 11 is 2.21. The normalized spacial score (nSPS) is 17.7. The summed E-state index contributed by atoms with van der Waals surface area (Å²) in [6, 6.07) is -0.0277. The fourth-order valence-electron chi connectivity index (χ4n) is 1.46. The Morgan fingerprint density at radius 1 is 1.42 bits per heavy atom. The minimum absolute atomic E-state index is 0.0277. The van der Waals surface area contributed by atoms with Crippen molar-refractivity contribution in [2.45, 2.75) is 19.9 Å². The van der Waals surface area contributed by atoms with E-state index in [0.717, 1.165) is 26.0 Å². The second-order valence-electron chi connectivity index (χ2n) is 4.50. The molecular weight excluding hydrogens is 347 g/mol. The summed E-state index contributed by atoms with van der Waals surface area (Å²) in [7, 11) is 0. The largest absolute Gasteiger partial charge is 0.397 e. The molecule has 4 N–H and O–H groups in total. The van der Waals surface area contributed by atoms with Crippen LogP contribution in [-0.2, 0) is 0 Å². The van der Waals surface area contributed by atoms with Gasteiger partial charge in [0.15, 0.2) is 0 Å². The van der Waals surface area contributed by atoms with Crippen LogP contribution < -0.4 is 11.5 Å². The second-order valence-corrected chi connectivity index (χ2v) is 5.66. The van der Waals surface area contributed by atoms with Crippen molar-refractivity contribution in [3.63, 3.8) is 0 Å². The molecule has 0 aromatic rings. The molecule has 19 heavy (non-hydrogen) atoms. The lowest BCUT2D eigenvalue weighted by Gasteiger charge is -2.04. The average Bonchev–Trinajstić information content (AvgIpc) is 2.48. The molecule has 0 amide bonds. The third kappa shape index (κ3) is 5.47. The summed E-state index contributed by atoms with van der Waals surface area (Å²) in [4.78, 5) is 0. The Bertz CT molecular complexity index is 551. The lowest BCUT2D eigenvalue weighted by Crippen LogP contribution is -2.11. The van der Waals surface area contributed by atoms with Crippen molar-refractivity contribution in [2.75, 3.05) is 0 Å². The van der Waals surface area contributed by atoms with Gasteiger partial charge in [0.25, 0.3) is 0 Å². The summed E-state index contributed by atoms with van der Waals surface area (Å²) in [5, 5.41) is 0. The van der Waals surface area contributed by atoms with Gasteiger partial charge in [-0.05, 0) is 54.2 Å². The molecule has 2 nitrogen and oxygen atoms in total. The molecule has 100 valence electrons. The van der Waals surface area contributed by atoms with Crippen LogP contribution >= 0.6 is 22.6 Å². The van der Waals surface area contributed by atoms with Crippen LogP contribution in [0.4, 0.5) is 0 Å². The molecule has 0 radical (unpaired) electrons. The highest BCUT2D eigenvalue weighted by Gasteiger charge is 2.03. The van der Waals surface area contributed by atoms with E-state index in [-0.39, 0.29) is 6.04 Å². The van der Waals surface area contributed by atoms with Gasteiger partial charge in [0, 0.05) is 21.3 Å². The number of hydrogen-bond donors (Lipinski definition) is 2. The van der Waals surface area contributed by atoms with Crippen LogP contribution in [0.2, 0.25) is 0 Å². The van der Waals surface area contributed by atoms with E-state index in [1.807, 2.05) is 44.2 Å². The first-order chi connectivity index (χ1) is 8.90. The van der Waals surface area contributed by atoms with E-state index < -0.39 is 0 Å². The molecule has 0 aliphatic heterocycles. The number of hydrogen-bond acceptors (Lipinski definition) is 2. The number of halogens is 1. The van der Waals surface area contributed by atoms with Crippen molar-refractivity contribution in [3.05, 3.63) is 74.8 Å². The summed E-state index contributed by atoms with van der Waals surface area (Å²) in [6.45, 7) is 7.76. The van der Waals surface area contributed by atoms with Gasteiger partial charge in [-0.3, -0.25) is 0 Å². The quantitative estimate of drug-likeness (QED) is 0.453. The van der Waals surface area contributed by atoms with Crippen LogP contribution in [-0.4, -0.2) is 6.04 Å². The summed E-state index contributed by atoms with van der Waals surface area (Å²) in [6.07, 6.45) is 11.7. The van der Waals surface area contributed by atoms with Gasteiger partial charge < -0.3 is 11.5 Å². The summed E-state index contributed by atoms with van der Waals surface area (Å²) in [5.74, 6) is 0. The van der Waals surface area contributed by atoms with E-state index in [1.165, 1.54) is 0 Å². The fourth-order valence-corrected chi connectivity index (χ4v) is 1.79. The highest BCUT2D eigenvalue weighted by molar-refractivity contribution is 14.1. The summed E-state index contributed by atoms with van der Waals surface area (Å²) < 4.78 is 1.00. The van der Waals surface area contributed by atoms with E-state index in [2.05, 4.69) is 34.9 Å². The van der Waals surface area contributed by atoms with E-state index in [4.69, 9.17) is 11.5 Å². The van der Waals surface area contributed by atoms with Gasteiger partial charge in [0.1, 0.15) is 0 Å². The fraction of sp³-hybridized carbons (Fsp3) is 0.188. The maximum Gasteiger partial charge on any atom is 0.0528 e. The molecule has 0 unspecified atom stereocenters. The monoisotopic (exact) mass is 366 g/mol. The zero-order chi connectivity index (χ0) is 14.4.